The molecule has 0 spiro atoms. The van der Waals surface area contributed by atoms with E-state index in [1.54, 1.807) is 0 Å². The first-order chi connectivity index (χ1) is 5.52. The summed E-state index contributed by atoms with van der Waals surface area (Å²) in [5, 5.41) is 0. The summed E-state index contributed by atoms with van der Waals surface area (Å²) in [4.78, 5) is 31.1. The summed E-state index contributed by atoms with van der Waals surface area (Å²) < 4.78 is 8.66. The molecule has 0 unspecified atom stereocenters. The molecule has 0 rings (SSSR count). The van der Waals surface area contributed by atoms with Crippen molar-refractivity contribution in [1.29, 1.82) is 0 Å². The summed E-state index contributed by atoms with van der Waals surface area (Å²) in [6.45, 7) is 2.04. The van der Waals surface area contributed by atoms with Gasteiger partial charge >= 0.3 is 11.9 Å². The van der Waals surface area contributed by atoms with Crippen molar-refractivity contribution in [2.75, 3.05) is 6.79 Å². The highest BCUT2D eigenvalue weighted by atomic mass is 16.7. The maximum Gasteiger partial charge on any atom is 0.316 e. The molecule has 0 aliphatic carbocycles. The van der Waals surface area contributed by atoms with Crippen LogP contribution in [0.4, 0.5) is 0 Å². The minimum Gasteiger partial charge on any atom is -0.428 e. The molecule has 0 saturated carbocycles. The van der Waals surface area contributed by atoms with Crippen LogP contribution in [0.15, 0.2) is 0 Å². The summed E-state index contributed by atoms with van der Waals surface area (Å²) in [5.74, 6) is -1.52. The average molecular weight is 174 g/mol. The molecule has 68 valence electrons. The van der Waals surface area contributed by atoms with Crippen LogP contribution in [0.5, 0.6) is 0 Å². The predicted octanol–water partition coefficient (Wildman–Crippen LogP) is 0.0293. The van der Waals surface area contributed by atoms with Crippen molar-refractivity contribution in [1.82, 2.24) is 0 Å². The molecular formula is C7H10O5. The van der Waals surface area contributed by atoms with E-state index in [0.717, 1.165) is 0 Å². The number of rotatable bonds is 4. The Balaban J connectivity index is 3.44. The molecule has 0 radical (unpaired) electrons. The molecule has 5 heteroatoms. The van der Waals surface area contributed by atoms with E-state index in [9.17, 15) is 14.4 Å². The monoisotopic (exact) mass is 174 g/mol. The van der Waals surface area contributed by atoms with Gasteiger partial charge in [-0.1, -0.05) is 0 Å². The number of esters is 2. The van der Waals surface area contributed by atoms with E-state index in [0.29, 0.717) is 0 Å². The van der Waals surface area contributed by atoms with Gasteiger partial charge in [0.15, 0.2) is 0 Å². The molecule has 0 N–H and O–H groups in total. The third-order valence-electron chi connectivity index (χ3n) is 0.875. The second-order valence-corrected chi connectivity index (χ2v) is 2.15. The van der Waals surface area contributed by atoms with Crippen molar-refractivity contribution < 1.29 is 23.9 Å². The smallest absolute Gasteiger partial charge is 0.316 e. The Morgan fingerprint density at radius 2 is 1.67 bits per heavy atom. The summed E-state index contributed by atoms with van der Waals surface area (Å²) in [6, 6.07) is 0. The van der Waals surface area contributed by atoms with Gasteiger partial charge < -0.3 is 9.47 Å². The van der Waals surface area contributed by atoms with E-state index in [1.807, 2.05) is 0 Å². The van der Waals surface area contributed by atoms with Gasteiger partial charge in [-0.2, -0.15) is 0 Å². The maximum atomic E-state index is 10.6. The van der Waals surface area contributed by atoms with Crippen LogP contribution in [-0.2, 0) is 23.9 Å². The number of carbonyl (C=O) groups excluding carboxylic acids is 3. The number of carbonyl (C=O) groups is 3. The third-order valence-corrected chi connectivity index (χ3v) is 0.875. The van der Waals surface area contributed by atoms with Crippen molar-refractivity contribution in [3.05, 3.63) is 0 Å². The Kier molecular flexibility index (Phi) is 4.67. The molecule has 0 aromatic carbocycles. The molecule has 0 aliphatic rings. The SMILES string of the molecule is CC(=O)CC(=O)OCOC(C)=O. The van der Waals surface area contributed by atoms with Crippen LogP contribution in [0.25, 0.3) is 0 Å². The lowest BCUT2D eigenvalue weighted by atomic mass is 10.3. The molecule has 5 nitrogen and oxygen atoms in total. The molecule has 0 aromatic heterocycles. The second kappa shape index (κ2) is 5.29. The van der Waals surface area contributed by atoms with E-state index < -0.39 is 18.7 Å². The Bertz CT molecular complexity index is 196. The van der Waals surface area contributed by atoms with Crippen LogP contribution in [0.2, 0.25) is 0 Å². The molecule has 0 fully saturated rings. The third kappa shape index (κ3) is 6.73. The van der Waals surface area contributed by atoms with Crippen molar-refractivity contribution >= 4 is 17.7 Å². The second-order valence-electron chi connectivity index (χ2n) is 2.15. The van der Waals surface area contributed by atoms with Crippen LogP contribution in [0, 0.1) is 0 Å². The largest absolute Gasteiger partial charge is 0.428 e. The Morgan fingerprint density at radius 3 is 2.08 bits per heavy atom. The average Bonchev–Trinajstić information content (AvgIpc) is 1.84. The summed E-state index contributed by atoms with van der Waals surface area (Å²) in [6.07, 6.45) is -0.290. The fourth-order valence-electron chi connectivity index (χ4n) is 0.432. The molecule has 0 bridgehead atoms. The molecule has 0 heterocycles. The summed E-state index contributed by atoms with van der Waals surface area (Å²) in [5.41, 5.74) is 0. The van der Waals surface area contributed by atoms with Crippen LogP contribution < -0.4 is 0 Å². The topological polar surface area (TPSA) is 69.7 Å². The zero-order valence-corrected chi connectivity index (χ0v) is 6.96. The molecule has 0 saturated heterocycles. The van der Waals surface area contributed by atoms with Crippen molar-refractivity contribution in [3.8, 4) is 0 Å². The zero-order chi connectivity index (χ0) is 9.56. The number of hydrogen-bond donors (Lipinski definition) is 0. The van der Waals surface area contributed by atoms with Gasteiger partial charge in [-0.15, -0.1) is 0 Å². The van der Waals surface area contributed by atoms with Gasteiger partial charge in [0, 0.05) is 6.92 Å². The fourth-order valence-corrected chi connectivity index (χ4v) is 0.432. The lowest BCUT2D eigenvalue weighted by Gasteiger charge is -2.02. The first-order valence-electron chi connectivity index (χ1n) is 3.31. The number of hydrogen-bond acceptors (Lipinski definition) is 5. The van der Waals surface area contributed by atoms with Crippen LogP contribution >= 0.6 is 0 Å². The van der Waals surface area contributed by atoms with Crippen LogP contribution in [-0.4, -0.2) is 24.5 Å². The fraction of sp³-hybridized carbons (Fsp3) is 0.571. The maximum absolute atomic E-state index is 10.6. The first kappa shape index (κ1) is 10.6. The van der Waals surface area contributed by atoms with E-state index in [1.165, 1.54) is 13.8 Å². The van der Waals surface area contributed by atoms with E-state index >= 15 is 0 Å². The normalized spacial score (nSPS) is 8.83. The van der Waals surface area contributed by atoms with Crippen molar-refractivity contribution in [2.45, 2.75) is 20.3 Å². The van der Waals surface area contributed by atoms with Crippen LogP contribution in [0.3, 0.4) is 0 Å². The molecule has 0 amide bonds. The molecule has 0 aromatic rings. The molecule has 12 heavy (non-hydrogen) atoms. The zero-order valence-electron chi connectivity index (χ0n) is 6.96. The predicted molar refractivity (Wildman–Crippen MR) is 38.0 cm³/mol. The Hall–Kier alpha value is -1.39. The van der Waals surface area contributed by atoms with Gasteiger partial charge in [-0.25, -0.2) is 0 Å². The lowest BCUT2D eigenvalue weighted by molar-refractivity contribution is -0.165. The highest BCUT2D eigenvalue weighted by Gasteiger charge is 2.06. The minimum absolute atomic E-state index is 0.289. The van der Waals surface area contributed by atoms with Crippen molar-refractivity contribution in [3.63, 3.8) is 0 Å². The number of ether oxygens (including phenoxy) is 2. The molecular weight excluding hydrogens is 164 g/mol. The number of ketones is 1. The Labute approximate surface area is 69.6 Å². The first-order valence-corrected chi connectivity index (χ1v) is 3.31. The van der Waals surface area contributed by atoms with Crippen LogP contribution in [0.1, 0.15) is 20.3 Å². The van der Waals surface area contributed by atoms with Gasteiger partial charge in [0.05, 0.1) is 0 Å². The quantitative estimate of drug-likeness (QED) is 0.341. The minimum atomic E-state index is -0.691. The number of Topliss-reactive ketones (excluding diaryl/α,β-unsaturated/α-hetero) is 1. The van der Waals surface area contributed by atoms with Gasteiger partial charge in [0.25, 0.3) is 0 Å². The van der Waals surface area contributed by atoms with E-state index in [-0.39, 0.29) is 12.2 Å². The molecule has 0 aliphatic heterocycles. The van der Waals surface area contributed by atoms with E-state index in [4.69, 9.17) is 0 Å². The molecule has 0 atom stereocenters. The van der Waals surface area contributed by atoms with E-state index in [2.05, 4.69) is 9.47 Å². The van der Waals surface area contributed by atoms with Gasteiger partial charge in [-0.05, 0) is 6.92 Å². The Morgan fingerprint density at radius 1 is 1.08 bits per heavy atom. The van der Waals surface area contributed by atoms with Crippen molar-refractivity contribution in [2.24, 2.45) is 0 Å². The highest BCUT2D eigenvalue weighted by molar-refractivity contribution is 5.94. The standard InChI is InChI=1S/C7H10O5/c1-5(8)3-7(10)12-4-11-6(2)9/h3-4H2,1-2H3. The highest BCUT2D eigenvalue weighted by Crippen LogP contribution is 1.88. The van der Waals surface area contributed by atoms with Gasteiger partial charge in [0.2, 0.25) is 6.79 Å². The van der Waals surface area contributed by atoms with Gasteiger partial charge in [0.1, 0.15) is 12.2 Å². The summed E-state index contributed by atoms with van der Waals surface area (Å²) in [7, 11) is 0. The van der Waals surface area contributed by atoms with Gasteiger partial charge in [-0.3, -0.25) is 14.4 Å². The lowest BCUT2D eigenvalue weighted by Crippen LogP contribution is -2.12. The summed E-state index contributed by atoms with van der Waals surface area (Å²) >= 11 is 0.